The molecular formula is C48H72O10. The second-order valence-electron chi connectivity index (χ2n) is 14.9. The number of carbonyl (C=O) groups excluding carboxylic acids is 4. The van der Waals surface area contributed by atoms with Crippen molar-refractivity contribution in [3.8, 4) is 11.5 Å². The Labute approximate surface area is 349 Å². The number of hydrogen-bond donors (Lipinski definition) is 0. The van der Waals surface area contributed by atoms with Crippen LogP contribution in [0.2, 0.25) is 0 Å². The standard InChI is InChI=1S/C27H42O5.C21H30O5/c1-6-10-12-21(8-3)19-31-26(28)25(18-23-14-16-24(30-5)17-15-23)27(29)32-20-22(9-4)13-11-7-2;1-6-15(3)13-25-20(22)19(21(23)26-14-16(4)7-2)12-17-8-10-18(24-5)11-9-17/h14-18,21-22H,6-13,19-20H2,1-5H3;8-12,15-16H,6-7,13-14H2,1-5H3. The van der Waals surface area contributed by atoms with Crippen LogP contribution in [0.15, 0.2) is 59.7 Å². The normalized spacial score (nSPS) is 12.6. The van der Waals surface area contributed by atoms with Crippen LogP contribution in [-0.2, 0) is 38.1 Å². The van der Waals surface area contributed by atoms with Crippen molar-refractivity contribution in [3.05, 3.63) is 70.8 Å². The maximum absolute atomic E-state index is 12.9. The van der Waals surface area contributed by atoms with Crippen LogP contribution < -0.4 is 9.47 Å². The van der Waals surface area contributed by atoms with Gasteiger partial charge in [0.25, 0.3) is 0 Å². The van der Waals surface area contributed by atoms with Crippen LogP contribution in [-0.4, -0.2) is 64.5 Å². The summed E-state index contributed by atoms with van der Waals surface area (Å²) in [5, 5.41) is 0. The van der Waals surface area contributed by atoms with Crippen molar-refractivity contribution >= 4 is 36.0 Å². The molecule has 0 heterocycles. The van der Waals surface area contributed by atoms with E-state index in [1.807, 2.05) is 27.7 Å². The molecule has 2 aromatic rings. The number of hydrogen-bond acceptors (Lipinski definition) is 10. The van der Waals surface area contributed by atoms with Gasteiger partial charge in [-0.15, -0.1) is 0 Å². The minimum atomic E-state index is -0.657. The average Bonchev–Trinajstić information content (AvgIpc) is 3.25. The predicted octanol–water partition coefficient (Wildman–Crippen LogP) is 10.9. The zero-order valence-corrected chi connectivity index (χ0v) is 37.1. The Morgan fingerprint density at radius 3 is 1.05 bits per heavy atom. The van der Waals surface area contributed by atoms with Gasteiger partial charge in [0.1, 0.15) is 22.6 Å². The third-order valence-corrected chi connectivity index (χ3v) is 10.1. The maximum atomic E-state index is 12.9. The zero-order chi connectivity index (χ0) is 43.3. The third-order valence-electron chi connectivity index (χ3n) is 10.1. The van der Waals surface area contributed by atoms with Crippen molar-refractivity contribution in [2.75, 3.05) is 40.6 Å². The summed E-state index contributed by atoms with van der Waals surface area (Å²) < 4.78 is 32.0. The van der Waals surface area contributed by atoms with Gasteiger partial charge in [0, 0.05) is 0 Å². The van der Waals surface area contributed by atoms with Crippen molar-refractivity contribution in [3.63, 3.8) is 0 Å². The van der Waals surface area contributed by atoms with Crippen LogP contribution in [0.25, 0.3) is 12.2 Å². The topological polar surface area (TPSA) is 124 Å². The Morgan fingerprint density at radius 1 is 0.483 bits per heavy atom. The first-order valence-electron chi connectivity index (χ1n) is 21.3. The summed E-state index contributed by atoms with van der Waals surface area (Å²) >= 11 is 0. The van der Waals surface area contributed by atoms with Crippen LogP contribution in [0.5, 0.6) is 11.5 Å². The Kier molecular flexibility index (Phi) is 27.0. The van der Waals surface area contributed by atoms with Gasteiger partial charge in [-0.05, 0) is 84.1 Å². The second kappa shape index (κ2) is 30.5. The van der Waals surface area contributed by atoms with E-state index in [-0.39, 0.29) is 36.2 Å². The molecule has 0 saturated heterocycles. The first-order valence-corrected chi connectivity index (χ1v) is 21.3. The van der Waals surface area contributed by atoms with Gasteiger partial charge in [-0.1, -0.05) is 131 Å². The minimum Gasteiger partial charge on any atom is -0.497 e. The summed E-state index contributed by atoms with van der Waals surface area (Å²) in [7, 11) is 3.17. The van der Waals surface area contributed by atoms with E-state index in [0.29, 0.717) is 47.7 Å². The molecule has 0 aliphatic heterocycles. The van der Waals surface area contributed by atoms with Crippen LogP contribution in [0.1, 0.15) is 131 Å². The smallest absolute Gasteiger partial charge is 0.345 e. The highest BCUT2D eigenvalue weighted by Gasteiger charge is 2.25. The highest BCUT2D eigenvalue weighted by Crippen LogP contribution is 2.20. The number of benzene rings is 2. The molecule has 0 saturated carbocycles. The Bertz CT molecular complexity index is 1460. The quantitative estimate of drug-likeness (QED) is 0.0298. The highest BCUT2D eigenvalue weighted by atomic mass is 16.6. The molecule has 2 rings (SSSR count). The summed E-state index contributed by atoms with van der Waals surface area (Å²) in [5.41, 5.74) is 1.25. The molecule has 0 fully saturated rings. The van der Waals surface area contributed by atoms with Crippen LogP contribution in [0.3, 0.4) is 0 Å². The molecule has 2 aromatic carbocycles. The average molecular weight is 809 g/mol. The van der Waals surface area contributed by atoms with Gasteiger partial charge in [-0.3, -0.25) is 0 Å². The first-order chi connectivity index (χ1) is 27.9. The molecule has 58 heavy (non-hydrogen) atoms. The van der Waals surface area contributed by atoms with Gasteiger partial charge in [0.15, 0.2) is 0 Å². The van der Waals surface area contributed by atoms with Gasteiger partial charge in [0.2, 0.25) is 0 Å². The van der Waals surface area contributed by atoms with E-state index in [0.717, 1.165) is 64.2 Å². The molecule has 10 nitrogen and oxygen atoms in total. The lowest BCUT2D eigenvalue weighted by atomic mass is 10.0. The summed E-state index contributed by atoms with van der Waals surface area (Å²) in [5.74, 6) is -0.0871. The molecule has 0 spiro atoms. The SMILES string of the molecule is CCC(C)COC(=O)C(=Cc1ccc(OC)cc1)C(=O)OCC(C)CC.CCCCC(CC)COC(=O)C(=Cc1ccc(OC)cc1)C(=O)OCC(CC)CCCC. The molecule has 4 atom stereocenters. The van der Waals surface area contributed by atoms with Crippen molar-refractivity contribution in [1.29, 1.82) is 0 Å². The fourth-order valence-corrected chi connectivity index (χ4v) is 5.30. The number of rotatable bonds is 26. The Hall–Kier alpha value is -4.60. The lowest BCUT2D eigenvalue weighted by Crippen LogP contribution is -2.23. The molecular weight excluding hydrogens is 737 g/mol. The molecule has 0 amide bonds. The molecule has 0 aliphatic rings. The molecule has 324 valence electrons. The molecule has 10 heteroatoms. The summed E-state index contributed by atoms with van der Waals surface area (Å²) in [6.45, 7) is 17.7. The number of carbonyl (C=O) groups is 4. The predicted molar refractivity (Wildman–Crippen MR) is 231 cm³/mol. The third kappa shape index (κ3) is 20.7. The van der Waals surface area contributed by atoms with E-state index in [1.54, 1.807) is 68.8 Å². The van der Waals surface area contributed by atoms with Crippen molar-refractivity contribution in [2.24, 2.45) is 23.7 Å². The van der Waals surface area contributed by atoms with E-state index < -0.39 is 23.9 Å². The van der Waals surface area contributed by atoms with E-state index in [9.17, 15) is 19.2 Å². The van der Waals surface area contributed by atoms with Crippen LogP contribution in [0.4, 0.5) is 0 Å². The number of esters is 4. The van der Waals surface area contributed by atoms with Gasteiger partial charge < -0.3 is 28.4 Å². The molecule has 4 unspecified atom stereocenters. The molecule has 0 aromatic heterocycles. The lowest BCUT2D eigenvalue weighted by molar-refractivity contribution is -0.150. The molecule has 0 bridgehead atoms. The summed E-state index contributed by atoms with van der Waals surface area (Å²) in [6.07, 6.45) is 13.1. The van der Waals surface area contributed by atoms with Gasteiger partial charge >= 0.3 is 23.9 Å². The van der Waals surface area contributed by atoms with Gasteiger partial charge in [-0.2, -0.15) is 0 Å². The van der Waals surface area contributed by atoms with Crippen molar-refractivity contribution in [1.82, 2.24) is 0 Å². The molecule has 0 aliphatic carbocycles. The Morgan fingerprint density at radius 2 is 0.793 bits per heavy atom. The fraction of sp³-hybridized carbons (Fsp3) is 0.583. The van der Waals surface area contributed by atoms with E-state index in [1.165, 1.54) is 6.08 Å². The monoisotopic (exact) mass is 809 g/mol. The fourth-order valence-electron chi connectivity index (χ4n) is 5.30. The number of unbranched alkanes of at least 4 members (excludes halogenated alkanes) is 2. The first kappa shape index (κ1) is 51.4. The van der Waals surface area contributed by atoms with E-state index in [4.69, 9.17) is 28.4 Å². The van der Waals surface area contributed by atoms with E-state index in [2.05, 4.69) is 27.7 Å². The largest absolute Gasteiger partial charge is 0.497 e. The lowest BCUT2D eigenvalue weighted by Gasteiger charge is -2.17. The number of methoxy groups -OCH3 is 2. The highest BCUT2D eigenvalue weighted by molar-refractivity contribution is 6.18. The Balaban J connectivity index is 0.000000593. The van der Waals surface area contributed by atoms with Crippen LogP contribution >= 0.6 is 0 Å². The number of ether oxygens (including phenoxy) is 6. The van der Waals surface area contributed by atoms with Crippen LogP contribution in [0, 0.1) is 23.7 Å². The minimum absolute atomic E-state index is 0.0640. The summed E-state index contributed by atoms with van der Waals surface area (Å²) in [6, 6.07) is 14.2. The van der Waals surface area contributed by atoms with Crippen molar-refractivity contribution in [2.45, 2.75) is 120 Å². The summed E-state index contributed by atoms with van der Waals surface area (Å²) in [4.78, 5) is 50.6. The molecule has 0 N–H and O–H groups in total. The zero-order valence-electron chi connectivity index (χ0n) is 37.1. The second-order valence-corrected chi connectivity index (χ2v) is 14.9. The maximum Gasteiger partial charge on any atom is 0.345 e. The van der Waals surface area contributed by atoms with Crippen molar-refractivity contribution < 1.29 is 47.6 Å². The van der Waals surface area contributed by atoms with E-state index >= 15 is 0 Å². The molecule has 0 radical (unpaired) electrons. The van der Waals surface area contributed by atoms with Gasteiger partial charge in [-0.25, -0.2) is 19.2 Å². The van der Waals surface area contributed by atoms with Gasteiger partial charge in [0.05, 0.1) is 40.6 Å².